The topological polar surface area (TPSA) is 84.7 Å². The number of hydrogen-bond donors (Lipinski definition) is 1. The van der Waals surface area contributed by atoms with Crippen LogP contribution in [0.3, 0.4) is 0 Å². The van der Waals surface area contributed by atoms with Gasteiger partial charge in [-0.1, -0.05) is 13.8 Å². The van der Waals surface area contributed by atoms with Crippen LogP contribution in [0.15, 0.2) is 12.1 Å². The second-order valence-electron chi connectivity index (χ2n) is 6.78. The molecule has 1 aromatic rings. The molecule has 0 unspecified atom stereocenters. The van der Waals surface area contributed by atoms with Crippen molar-refractivity contribution in [1.29, 1.82) is 0 Å². The molecule has 0 saturated carbocycles. The van der Waals surface area contributed by atoms with Crippen molar-refractivity contribution in [2.45, 2.75) is 27.2 Å². The lowest BCUT2D eigenvalue weighted by molar-refractivity contribution is -0.385. The molecule has 1 aliphatic rings. The van der Waals surface area contributed by atoms with E-state index in [9.17, 15) is 14.9 Å². The van der Waals surface area contributed by atoms with Gasteiger partial charge in [-0.25, -0.2) is 0 Å². The summed E-state index contributed by atoms with van der Waals surface area (Å²) in [5.74, 6) is 1.20. The molecule has 0 aromatic heterocycles. The highest BCUT2D eigenvalue weighted by atomic mass is 16.6. The van der Waals surface area contributed by atoms with Crippen molar-refractivity contribution in [2.24, 2.45) is 11.8 Å². The highest BCUT2D eigenvalue weighted by molar-refractivity contribution is 5.93. The summed E-state index contributed by atoms with van der Waals surface area (Å²) in [6.07, 6.45) is 1.19. The quantitative estimate of drug-likeness (QED) is 0.660. The maximum Gasteiger partial charge on any atom is 0.311 e. The fourth-order valence-electron chi connectivity index (χ4n) is 3.43. The summed E-state index contributed by atoms with van der Waals surface area (Å²) in [4.78, 5) is 25.0. The summed E-state index contributed by atoms with van der Waals surface area (Å²) in [6.45, 7) is 8.29. The smallest absolute Gasteiger partial charge is 0.311 e. The van der Waals surface area contributed by atoms with E-state index in [-0.39, 0.29) is 17.3 Å². The zero-order chi connectivity index (χ0) is 17.9. The molecule has 1 N–H and O–H groups in total. The average molecular weight is 335 g/mol. The molecule has 2 rings (SSSR count). The first kappa shape index (κ1) is 18.2. The number of amides is 1. The number of rotatable bonds is 5. The number of aryl methyl sites for hydroxylation is 1. The fraction of sp³-hybridized carbons (Fsp3) is 0.588. The first-order valence-corrected chi connectivity index (χ1v) is 8.15. The van der Waals surface area contributed by atoms with Crippen LogP contribution in [0.25, 0.3) is 0 Å². The summed E-state index contributed by atoms with van der Waals surface area (Å²) in [5, 5.41) is 13.9. The van der Waals surface area contributed by atoms with E-state index in [1.807, 2.05) is 0 Å². The Bertz CT molecular complexity index is 623. The van der Waals surface area contributed by atoms with E-state index in [4.69, 9.17) is 4.74 Å². The summed E-state index contributed by atoms with van der Waals surface area (Å²) >= 11 is 0. The van der Waals surface area contributed by atoms with Crippen LogP contribution in [0, 0.1) is 28.9 Å². The van der Waals surface area contributed by atoms with Crippen LogP contribution in [0.2, 0.25) is 0 Å². The monoisotopic (exact) mass is 335 g/mol. The number of anilines is 1. The number of nitro groups is 1. The summed E-state index contributed by atoms with van der Waals surface area (Å²) in [5.41, 5.74) is 1.07. The number of likely N-dealkylation sites (tertiary alicyclic amines) is 1. The first-order valence-electron chi connectivity index (χ1n) is 8.15. The molecule has 1 fully saturated rings. The summed E-state index contributed by atoms with van der Waals surface area (Å²) in [6, 6.07) is 2.92. The molecule has 1 heterocycles. The number of nitrogens with one attached hydrogen (secondary N) is 1. The van der Waals surface area contributed by atoms with Gasteiger partial charge in [0, 0.05) is 30.9 Å². The van der Waals surface area contributed by atoms with E-state index in [0.717, 1.165) is 13.1 Å². The summed E-state index contributed by atoms with van der Waals surface area (Å²) < 4.78 is 5.06. The first-order chi connectivity index (χ1) is 11.3. The van der Waals surface area contributed by atoms with E-state index < -0.39 is 4.92 Å². The van der Waals surface area contributed by atoms with Gasteiger partial charge in [-0.15, -0.1) is 0 Å². The van der Waals surface area contributed by atoms with Gasteiger partial charge in [-0.05, 0) is 30.7 Å². The van der Waals surface area contributed by atoms with Crippen molar-refractivity contribution in [3.05, 3.63) is 27.8 Å². The molecule has 0 spiro atoms. The predicted molar refractivity (Wildman–Crippen MR) is 92.4 cm³/mol. The molecular formula is C17H25N3O4. The van der Waals surface area contributed by atoms with Crippen molar-refractivity contribution < 1.29 is 14.5 Å². The maximum atomic E-state index is 12.3. The van der Waals surface area contributed by atoms with Crippen molar-refractivity contribution in [3.8, 4) is 5.75 Å². The van der Waals surface area contributed by atoms with Crippen LogP contribution < -0.4 is 10.1 Å². The predicted octanol–water partition coefficient (Wildman–Crippen LogP) is 2.83. The Morgan fingerprint density at radius 3 is 2.54 bits per heavy atom. The van der Waals surface area contributed by atoms with E-state index >= 15 is 0 Å². The van der Waals surface area contributed by atoms with Gasteiger partial charge in [0.25, 0.3) is 0 Å². The van der Waals surface area contributed by atoms with Crippen LogP contribution in [0.1, 0.15) is 25.8 Å². The molecule has 7 heteroatoms. The molecule has 1 saturated heterocycles. The highest BCUT2D eigenvalue weighted by Crippen LogP contribution is 2.32. The zero-order valence-electron chi connectivity index (χ0n) is 14.7. The minimum atomic E-state index is -0.492. The minimum Gasteiger partial charge on any atom is -0.490 e. The molecule has 132 valence electrons. The maximum absolute atomic E-state index is 12.3. The molecule has 24 heavy (non-hydrogen) atoms. The number of ether oxygens (including phenoxy) is 1. The van der Waals surface area contributed by atoms with Crippen molar-refractivity contribution in [3.63, 3.8) is 0 Å². The Labute approximate surface area is 142 Å². The zero-order valence-corrected chi connectivity index (χ0v) is 14.7. The van der Waals surface area contributed by atoms with Gasteiger partial charge in [0.1, 0.15) is 0 Å². The van der Waals surface area contributed by atoms with Gasteiger partial charge in [-0.3, -0.25) is 19.8 Å². The lowest BCUT2D eigenvalue weighted by Crippen LogP contribution is -2.42. The van der Waals surface area contributed by atoms with Gasteiger partial charge >= 0.3 is 5.69 Å². The van der Waals surface area contributed by atoms with E-state index in [2.05, 4.69) is 24.1 Å². The second kappa shape index (κ2) is 7.61. The van der Waals surface area contributed by atoms with Gasteiger partial charge in [-0.2, -0.15) is 0 Å². The number of hydrogen-bond acceptors (Lipinski definition) is 5. The molecular weight excluding hydrogens is 310 g/mol. The molecule has 1 amide bonds. The van der Waals surface area contributed by atoms with E-state index in [0.29, 0.717) is 29.6 Å². The number of benzene rings is 1. The van der Waals surface area contributed by atoms with Crippen LogP contribution in [0.4, 0.5) is 11.4 Å². The molecule has 7 nitrogen and oxygen atoms in total. The fourth-order valence-corrected chi connectivity index (χ4v) is 3.43. The largest absolute Gasteiger partial charge is 0.490 e. The van der Waals surface area contributed by atoms with Crippen molar-refractivity contribution in [1.82, 2.24) is 4.90 Å². The minimum absolute atomic E-state index is 0.105. The second-order valence-corrected chi connectivity index (χ2v) is 6.78. The molecule has 0 radical (unpaired) electrons. The standard InChI is InChI=1S/C17H25N3O4/c1-11-5-12(2)9-19(8-11)10-17(21)18-14-7-16(24-4)15(20(22)23)6-13(14)3/h6-7,11-12H,5,8-10H2,1-4H3,(H,18,21)/t11-,12-/m1/s1. The number of nitro benzene ring substituents is 1. The number of carbonyl (C=O) groups is 1. The van der Waals surface area contributed by atoms with Crippen molar-refractivity contribution >= 4 is 17.3 Å². The van der Waals surface area contributed by atoms with Gasteiger partial charge in [0.15, 0.2) is 5.75 Å². The average Bonchev–Trinajstić information content (AvgIpc) is 2.47. The number of piperidine rings is 1. The number of nitrogens with zero attached hydrogens (tertiary/aromatic N) is 2. The Hall–Kier alpha value is -2.15. The van der Waals surface area contributed by atoms with Crippen LogP contribution in [-0.4, -0.2) is 42.5 Å². The van der Waals surface area contributed by atoms with Gasteiger partial charge in [0.05, 0.1) is 18.6 Å². The molecule has 1 aromatic carbocycles. The number of methoxy groups -OCH3 is 1. The van der Waals surface area contributed by atoms with Gasteiger partial charge < -0.3 is 10.1 Å². The Kier molecular flexibility index (Phi) is 5.77. The van der Waals surface area contributed by atoms with Crippen LogP contribution in [0.5, 0.6) is 5.75 Å². The Balaban J connectivity index is 2.07. The van der Waals surface area contributed by atoms with Crippen molar-refractivity contribution in [2.75, 3.05) is 32.1 Å². The van der Waals surface area contributed by atoms with Gasteiger partial charge in [0.2, 0.25) is 5.91 Å². The molecule has 0 aliphatic carbocycles. The molecule has 1 aliphatic heterocycles. The number of carbonyl (C=O) groups excluding carboxylic acids is 1. The lowest BCUT2D eigenvalue weighted by atomic mass is 9.92. The summed E-state index contributed by atoms with van der Waals surface area (Å²) in [7, 11) is 1.37. The van der Waals surface area contributed by atoms with E-state index in [1.54, 1.807) is 6.92 Å². The third-order valence-electron chi connectivity index (χ3n) is 4.31. The third kappa shape index (κ3) is 4.44. The third-order valence-corrected chi connectivity index (χ3v) is 4.31. The Morgan fingerprint density at radius 1 is 1.38 bits per heavy atom. The highest BCUT2D eigenvalue weighted by Gasteiger charge is 2.24. The lowest BCUT2D eigenvalue weighted by Gasteiger charge is -2.34. The van der Waals surface area contributed by atoms with Crippen LogP contribution in [-0.2, 0) is 4.79 Å². The SMILES string of the molecule is COc1cc(NC(=O)CN2C[C@H](C)C[C@@H](C)C2)c(C)cc1[N+](=O)[O-]. The molecule has 0 bridgehead atoms. The van der Waals surface area contributed by atoms with E-state index in [1.165, 1.54) is 25.7 Å². The normalized spacial score (nSPS) is 21.3. The Morgan fingerprint density at radius 2 is 2.00 bits per heavy atom. The molecule has 2 atom stereocenters. The van der Waals surface area contributed by atoms with Crippen LogP contribution >= 0.6 is 0 Å².